The standard InChI is InChI=1S/C13H18O6/c1-7-3-2-4-8(5-7)18-13-12(17)11(16)10(15)9(6-14)19-13/h2-5,9-17H,6H2,1H3/t9-,10-,11-,12-,13-/m1/s1. The lowest BCUT2D eigenvalue weighted by Crippen LogP contribution is -2.60. The minimum Gasteiger partial charge on any atom is -0.462 e. The molecule has 0 unspecified atom stereocenters. The zero-order chi connectivity index (χ0) is 14.0. The molecular weight excluding hydrogens is 252 g/mol. The van der Waals surface area contributed by atoms with Gasteiger partial charge in [-0.3, -0.25) is 0 Å². The van der Waals surface area contributed by atoms with Gasteiger partial charge in [0.05, 0.1) is 6.61 Å². The molecule has 1 aliphatic rings. The second kappa shape index (κ2) is 5.85. The first-order chi connectivity index (χ1) is 9.02. The Bertz CT molecular complexity index is 421. The van der Waals surface area contributed by atoms with Crippen molar-refractivity contribution in [2.45, 2.75) is 37.6 Å². The second-order valence-electron chi connectivity index (χ2n) is 4.63. The van der Waals surface area contributed by atoms with E-state index in [1.54, 1.807) is 18.2 Å². The molecule has 1 fully saturated rings. The summed E-state index contributed by atoms with van der Waals surface area (Å²) in [5.41, 5.74) is 0.974. The molecule has 1 aliphatic heterocycles. The van der Waals surface area contributed by atoms with Gasteiger partial charge in [-0.25, -0.2) is 0 Å². The highest BCUT2D eigenvalue weighted by Crippen LogP contribution is 2.24. The number of benzene rings is 1. The predicted octanol–water partition coefficient (Wildman–Crippen LogP) is -0.826. The van der Waals surface area contributed by atoms with Gasteiger partial charge in [0.25, 0.3) is 0 Å². The minimum atomic E-state index is -1.43. The number of hydrogen-bond acceptors (Lipinski definition) is 6. The Balaban J connectivity index is 2.10. The fourth-order valence-corrected chi connectivity index (χ4v) is 1.99. The van der Waals surface area contributed by atoms with Crippen LogP contribution in [0.4, 0.5) is 0 Å². The summed E-state index contributed by atoms with van der Waals surface area (Å²) in [5.74, 6) is 0.476. The molecule has 6 nitrogen and oxygen atoms in total. The summed E-state index contributed by atoms with van der Waals surface area (Å²) in [4.78, 5) is 0. The van der Waals surface area contributed by atoms with Crippen molar-refractivity contribution in [2.75, 3.05) is 6.61 Å². The van der Waals surface area contributed by atoms with E-state index < -0.39 is 37.3 Å². The Morgan fingerprint density at radius 2 is 1.89 bits per heavy atom. The van der Waals surface area contributed by atoms with Crippen molar-refractivity contribution < 1.29 is 29.9 Å². The zero-order valence-corrected chi connectivity index (χ0v) is 10.5. The fraction of sp³-hybridized carbons (Fsp3) is 0.538. The third-order valence-electron chi connectivity index (χ3n) is 3.09. The zero-order valence-electron chi connectivity index (χ0n) is 10.5. The van der Waals surface area contributed by atoms with Gasteiger partial charge in [-0.05, 0) is 24.6 Å². The van der Waals surface area contributed by atoms with E-state index in [1.807, 2.05) is 13.0 Å². The molecule has 6 heteroatoms. The Morgan fingerprint density at radius 1 is 1.16 bits per heavy atom. The Kier molecular flexibility index (Phi) is 4.38. The first kappa shape index (κ1) is 14.2. The lowest BCUT2D eigenvalue weighted by Gasteiger charge is -2.39. The molecular formula is C13H18O6. The lowest BCUT2D eigenvalue weighted by atomic mass is 9.99. The summed E-state index contributed by atoms with van der Waals surface area (Å²) in [6.45, 7) is 1.42. The SMILES string of the molecule is Cc1cccc(O[C@@H]2O[C@H](CO)[C@@H](O)[C@@H](O)[C@H]2O)c1. The van der Waals surface area contributed by atoms with Crippen LogP contribution in [0, 0.1) is 6.92 Å². The molecule has 5 atom stereocenters. The molecule has 0 radical (unpaired) electrons. The van der Waals surface area contributed by atoms with Gasteiger partial charge in [0.15, 0.2) is 0 Å². The van der Waals surface area contributed by atoms with Crippen LogP contribution < -0.4 is 4.74 Å². The summed E-state index contributed by atoms with van der Waals surface area (Å²) < 4.78 is 10.7. The minimum absolute atomic E-state index is 0.474. The van der Waals surface area contributed by atoms with E-state index >= 15 is 0 Å². The maximum absolute atomic E-state index is 9.81. The van der Waals surface area contributed by atoms with Crippen LogP contribution in [0.5, 0.6) is 5.75 Å². The van der Waals surface area contributed by atoms with Gasteiger partial charge in [-0.1, -0.05) is 12.1 Å². The summed E-state index contributed by atoms with van der Waals surface area (Å²) in [7, 11) is 0. The monoisotopic (exact) mass is 270 g/mol. The summed E-state index contributed by atoms with van der Waals surface area (Å²) in [6, 6.07) is 7.12. The van der Waals surface area contributed by atoms with Gasteiger partial charge in [-0.2, -0.15) is 0 Å². The third kappa shape index (κ3) is 3.05. The summed E-state index contributed by atoms with van der Waals surface area (Å²) >= 11 is 0. The van der Waals surface area contributed by atoms with Gasteiger partial charge in [0.1, 0.15) is 30.2 Å². The molecule has 0 amide bonds. The molecule has 0 saturated carbocycles. The average Bonchev–Trinajstić information content (AvgIpc) is 2.39. The summed E-state index contributed by atoms with van der Waals surface area (Å²) in [6.07, 6.45) is -6.30. The van der Waals surface area contributed by atoms with Crippen molar-refractivity contribution in [1.82, 2.24) is 0 Å². The van der Waals surface area contributed by atoms with Crippen LogP contribution in [0.15, 0.2) is 24.3 Å². The number of ether oxygens (including phenoxy) is 2. The largest absolute Gasteiger partial charge is 0.462 e. The Hall–Kier alpha value is -1.18. The maximum Gasteiger partial charge on any atom is 0.229 e. The fourth-order valence-electron chi connectivity index (χ4n) is 1.99. The highest BCUT2D eigenvalue weighted by Gasteiger charge is 2.44. The maximum atomic E-state index is 9.81. The number of rotatable bonds is 3. The van der Waals surface area contributed by atoms with E-state index in [0.717, 1.165) is 5.56 Å². The van der Waals surface area contributed by atoms with E-state index in [0.29, 0.717) is 5.75 Å². The Labute approximate surface area is 110 Å². The molecule has 0 aromatic heterocycles. The molecule has 4 N–H and O–H groups in total. The lowest BCUT2D eigenvalue weighted by molar-refractivity contribution is -0.277. The normalized spacial score (nSPS) is 35.1. The van der Waals surface area contributed by atoms with Crippen LogP contribution in [-0.4, -0.2) is 57.7 Å². The molecule has 2 rings (SSSR count). The van der Waals surface area contributed by atoms with Gasteiger partial charge in [-0.15, -0.1) is 0 Å². The van der Waals surface area contributed by atoms with E-state index in [9.17, 15) is 15.3 Å². The molecule has 1 aromatic carbocycles. The van der Waals surface area contributed by atoms with Crippen LogP contribution in [-0.2, 0) is 4.74 Å². The van der Waals surface area contributed by atoms with Gasteiger partial charge < -0.3 is 29.9 Å². The van der Waals surface area contributed by atoms with Crippen molar-refractivity contribution in [3.05, 3.63) is 29.8 Å². The average molecular weight is 270 g/mol. The van der Waals surface area contributed by atoms with Crippen molar-refractivity contribution in [3.8, 4) is 5.75 Å². The summed E-state index contributed by atoms with van der Waals surface area (Å²) in [5, 5.41) is 38.1. The van der Waals surface area contributed by atoms with Gasteiger partial charge in [0.2, 0.25) is 6.29 Å². The predicted molar refractivity (Wildman–Crippen MR) is 65.6 cm³/mol. The molecule has 19 heavy (non-hydrogen) atoms. The molecule has 1 heterocycles. The second-order valence-corrected chi connectivity index (χ2v) is 4.63. The van der Waals surface area contributed by atoms with Crippen LogP contribution in [0.25, 0.3) is 0 Å². The van der Waals surface area contributed by atoms with Gasteiger partial charge >= 0.3 is 0 Å². The van der Waals surface area contributed by atoms with E-state index in [2.05, 4.69) is 0 Å². The molecule has 1 aromatic rings. The van der Waals surface area contributed by atoms with Gasteiger partial charge in [0, 0.05) is 0 Å². The number of hydrogen-bond donors (Lipinski definition) is 4. The van der Waals surface area contributed by atoms with E-state index in [1.165, 1.54) is 0 Å². The molecule has 0 bridgehead atoms. The first-order valence-electron chi connectivity index (χ1n) is 6.07. The number of aryl methyl sites for hydroxylation is 1. The Morgan fingerprint density at radius 3 is 2.53 bits per heavy atom. The van der Waals surface area contributed by atoms with Crippen LogP contribution in [0.1, 0.15) is 5.56 Å². The highest BCUT2D eigenvalue weighted by molar-refractivity contribution is 5.27. The molecule has 0 spiro atoms. The number of aliphatic hydroxyl groups is 4. The van der Waals surface area contributed by atoms with Crippen molar-refractivity contribution >= 4 is 0 Å². The topological polar surface area (TPSA) is 99.4 Å². The quantitative estimate of drug-likeness (QED) is 0.572. The third-order valence-corrected chi connectivity index (χ3v) is 3.09. The van der Waals surface area contributed by atoms with E-state index in [-0.39, 0.29) is 0 Å². The van der Waals surface area contributed by atoms with Crippen molar-refractivity contribution in [1.29, 1.82) is 0 Å². The van der Waals surface area contributed by atoms with Crippen LogP contribution >= 0.6 is 0 Å². The van der Waals surface area contributed by atoms with Crippen molar-refractivity contribution in [2.24, 2.45) is 0 Å². The molecule has 1 saturated heterocycles. The first-order valence-corrected chi connectivity index (χ1v) is 6.07. The van der Waals surface area contributed by atoms with E-state index in [4.69, 9.17) is 14.6 Å². The molecule has 0 aliphatic carbocycles. The number of aliphatic hydroxyl groups excluding tert-OH is 4. The highest BCUT2D eigenvalue weighted by atomic mass is 16.7. The van der Waals surface area contributed by atoms with Crippen LogP contribution in [0.2, 0.25) is 0 Å². The molecule has 106 valence electrons. The van der Waals surface area contributed by atoms with Crippen molar-refractivity contribution in [3.63, 3.8) is 0 Å². The van der Waals surface area contributed by atoms with Crippen LogP contribution in [0.3, 0.4) is 0 Å². The smallest absolute Gasteiger partial charge is 0.229 e.